The van der Waals surface area contributed by atoms with Crippen molar-refractivity contribution in [1.82, 2.24) is 10.2 Å². The molecule has 0 saturated carbocycles. The van der Waals surface area contributed by atoms with Gasteiger partial charge in [-0.1, -0.05) is 29.8 Å². The molecule has 0 unspecified atom stereocenters. The number of methoxy groups -OCH3 is 1. The molecule has 1 N–H and O–H groups in total. The van der Waals surface area contributed by atoms with E-state index in [0.717, 1.165) is 15.5 Å². The highest BCUT2D eigenvalue weighted by Crippen LogP contribution is 2.30. The molecule has 180 valence electrons. The second-order valence-electron chi connectivity index (χ2n) is 7.27. The summed E-state index contributed by atoms with van der Waals surface area (Å²) in [5.74, 6) is -1.33. The summed E-state index contributed by atoms with van der Waals surface area (Å²) in [6, 6.07) is 9.19. The first-order valence-electron chi connectivity index (χ1n) is 10.1. The van der Waals surface area contributed by atoms with Gasteiger partial charge in [0.05, 0.1) is 24.1 Å². The maximum atomic E-state index is 14.3. The molecule has 0 aliphatic carbocycles. The number of benzene rings is 2. The molecule has 33 heavy (non-hydrogen) atoms. The Morgan fingerprint density at radius 3 is 2.42 bits per heavy atom. The maximum absolute atomic E-state index is 14.3. The molecule has 11 heteroatoms. The van der Waals surface area contributed by atoms with Gasteiger partial charge >= 0.3 is 0 Å². The summed E-state index contributed by atoms with van der Waals surface area (Å²) in [6.45, 7) is 2.74. The van der Waals surface area contributed by atoms with Crippen LogP contribution in [0.2, 0.25) is 5.02 Å². The van der Waals surface area contributed by atoms with Gasteiger partial charge in [-0.2, -0.15) is 0 Å². The van der Waals surface area contributed by atoms with E-state index in [9.17, 15) is 22.4 Å². The fourth-order valence-electron chi connectivity index (χ4n) is 3.14. The predicted octanol–water partition coefficient (Wildman–Crippen LogP) is 2.81. The molecule has 1 atom stereocenters. The number of halogens is 2. The average Bonchev–Trinajstić information content (AvgIpc) is 2.75. The van der Waals surface area contributed by atoms with Gasteiger partial charge in [0.2, 0.25) is 21.8 Å². The zero-order valence-electron chi connectivity index (χ0n) is 18.8. The molecule has 0 aliphatic heterocycles. The molecule has 2 amide bonds. The third-order valence-electron chi connectivity index (χ3n) is 4.92. The van der Waals surface area contributed by atoms with E-state index in [-0.39, 0.29) is 22.8 Å². The summed E-state index contributed by atoms with van der Waals surface area (Å²) in [5.41, 5.74) is 0.341. The molecule has 0 saturated heterocycles. The standard InChI is InChI=1S/C22H27ClFN3O5S/c1-5-25-22(29)15(2)26(13-16-8-6-7-9-19(16)24)21(28)14-27(33(4,30)31)17-10-11-20(32-3)18(23)12-17/h6-12,15H,5,13-14H2,1-4H3,(H,25,29)/t15-/m0/s1. The Morgan fingerprint density at radius 2 is 1.88 bits per heavy atom. The van der Waals surface area contributed by atoms with E-state index in [1.54, 1.807) is 13.0 Å². The fourth-order valence-corrected chi connectivity index (χ4v) is 4.23. The van der Waals surface area contributed by atoms with E-state index in [2.05, 4.69) is 5.32 Å². The molecule has 2 rings (SSSR count). The van der Waals surface area contributed by atoms with Crippen LogP contribution in [0, 0.1) is 5.82 Å². The van der Waals surface area contributed by atoms with E-state index in [4.69, 9.17) is 16.3 Å². The van der Waals surface area contributed by atoms with Crippen LogP contribution >= 0.6 is 11.6 Å². The topological polar surface area (TPSA) is 96.0 Å². The zero-order chi connectivity index (χ0) is 24.8. The smallest absolute Gasteiger partial charge is 0.244 e. The Bertz CT molecular complexity index is 1110. The Labute approximate surface area is 198 Å². The summed E-state index contributed by atoms with van der Waals surface area (Å²) in [7, 11) is -2.49. The first-order chi connectivity index (χ1) is 15.5. The highest BCUT2D eigenvalue weighted by Gasteiger charge is 2.30. The molecular formula is C22H27ClFN3O5S. The largest absolute Gasteiger partial charge is 0.495 e. The SMILES string of the molecule is CCNC(=O)[C@H](C)N(Cc1ccccc1F)C(=O)CN(c1ccc(OC)c(Cl)c1)S(C)(=O)=O. The minimum Gasteiger partial charge on any atom is -0.495 e. The summed E-state index contributed by atoms with van der Waals surface area (Å²) < 4.78 is 45.3. The van der Waals surface area contributed by atoms with Gasteiger partial charge in [0.15, 0.2) is 0 Å². The van der Waals surface area contributed by atoms with Gasteiger partial charge in [0.1, 0.15) is 24.2 Å². The number of amides is 2. The lowest BCUT2D eigenvalue weighted by atomic mass is 10.1. The van der Waals surface area contributed by atoms with Crippen LogP contribution in [0.15, 0.2) is 42.5 Å². The molecule has 0 bridgehead atoms. The van der Waals surface area contributed by atoms with Gasteiger partial charge in [0, 0.05) is 18.7 Å². The number of rotatable bonds is 10. The Balaban J connectivity index is 2.42. The molecule has 2 aromatic rings. The van der Waals surface area contributed by atoms with E-state index >= 15 is 0 Å². The Kier molecular flexibility index (Phi) is 9.07. The van der Waals surface area contributed by atoms with Crippen LogP contribution in [0.5, 0.6) is 5.75 Å². The molecule has 0 aliphatic rings. The van der Waals surface area contributed by atoms with Gasteiger partial charge < -0.3 is 15.0 Å². The Morgan fingerprint density at radius 1 is 1.21 bits per heavy atom. The minimum absolute atomic E-state index is 0.146. The van der Waals surface area contributed by atoms with Crippen molar-refractivity contribution in [2.75, 3.05) is 30.8 Å². The monoisotopic (exact) mass is 499 g/mol. The average molecular weight is 500 g/mol. The van der Waals surface area contributed by atoms with E-state index in [0.29, 0.717) is 12.3 Å². The number of hydrogen-bond acceptors (Lipinski definition) is 5. The Hall–Kier alpha value is -2.85. The molecule has 0 radical (unpaired) electrons. The third-order valence-corrected chi connectivity index (χ3v) is 6.36. The molecular weight excluding hydrogens is 473 g/mol. The molecule has 8 nitrogen and oxygen atoms in total. The van der Waals surface area contributed by atoms with Crippen molar-refractivity contribution < 1.29 is 27.1 Å². The highest BCUT2D eigenvalue weighted by molar-refractivity contribution is 7.92. The summed E-state index contributed by atoms with van der Waals surface area (Å²) in [5, 5.41) is 2.79. The lowest BCUT2D eigenvalue weighted by molar-refractivity contribution is -0.139. The number of likely N-dealkylation sites (N-methyl/N-ethyl adjacent to an activating group) is 1. The summed E-state index contributed by atoms with van der Waals surface area (Å²) in [4.78, 5) is 26.9. The van der Waals surface area contributed by atoms with Gasteiger partial charge in [-0.3, -0.25) is 13.9 Å². The fraction of sp³-hybridized carbons (Fsp3) is 0.364. The second kappa shape index (κ2) is 11.3. The van der Waals surface area contributed by atoms with Crippen LogP contribution in [-0.4, -0.2) is 57.6 Å². The summed E-state index contributed by atoms with van der Waals surface area (Å²) >= 11 is 6.14. The first kappa shape index (κ1) is 26.4. The second-order valence-corrected chi connectivity index (χ2v) is 9.59. The van der Waals surface area contributed by atoms with Gasteiger partial charge in [-0.25, -0.2) is 12.8 Å². The third kappa shape index (κ3) is 6.82. The zero-order valence-corrected chi connectivity index (χ0v) is 20.4. The molecule has 2 aromatic carbocycles. The van der Waals surface area contributed by atoms with E-state index in [1.165, 1.54) is 50.4 Å². The molecule has 0 heterocycles. The number of carbonyl (C=O) groups is 2. The maximum Gasteiger partial charge on any atom is 0.244 e. The van der Waals surface area contributed by atoms with Crippen molar-refractivity contribution in [3.8, 4) is 5.75 Å². The van der Waals surface area contributed by atoms with Crippen LogP contribution in [-0.2, 0) is 26.2 Å². The predicted molar refractivity (Wildman–Crippen MR) is 125 cm³/mol. The van der Waals surface area contributed by atoms with Crippen LogP contribution in [0.4, 0.5) is 10.1 Å². The van der Waals surface area contributed by atoms with Crippen molar-refractivity contribution in [2.45, 2.75) is 26.4 Å². The molecule has 0 fully saturated rings. The van der Waals surface area contributed by atoms with Crippen LogP contribution in [0.3, 0.4) is 0 Å². The number of sulfonamides is 1. The van der Waals surface area contributed by atoms with Crippen molar-refractivity contribution in [3.63, 3.8) is 0 Å². The number of nitrogens with one attached hydrogen (secondary N) is 1. The van der Waals surface area contributed by atoms with E-state index < -0.39 is 40.2 Å². The van der Waals surface area contributed by atoms with Crippen LogP contribution < -0.4 is 14.4 Å². The van der Waals surface area contributed by atoms with Gasteiger partial charge in [-0.05, 0) is 38.1 Å². The number of nitrogens with zero attached hydrogens (tertiary/aromatic N) is 2. The first-order valence-corrected chi connectivity index (χ1v) is 12.3. The summed E-state index contributed by atoms with van der Waals surface area (Å²) in [6.07, 6.45) is 0.951. The number of carbonyl (C=O) groups excluding carboxylic acids is 2. The minimum atomic E-state index is -3.91. The lowest BCUT2D eigenvalue weighted by Gasteiger charge is -2.31. The van der Waals surface area contributed by atoms with Gasteiger partial charge in [0.25, 0.3) is 0 Å². The van der Waals surface area contributed by atoms with Crippen molar-refractivity contribution in [2.24, 2.45) is 0 Å². The number of anilines is 1. The van der Waals surface area contributed by atoms with E-state index in [1.807, 2.05) is 0 Å². The number of hydrogen-bond donors (Lipinski definition) is 1. The molecule has 0 spiro atoms. The lowest BCUT2D eigenvalue weighted by Crippen LogP contribution is -2.51. The van der Waals surface area contributed by atoms with Crippen LogP contribution in [0.1, 0.15) is 19.4 Å². The van der Waals surface area contributed by atoms with Gasteiger partial charge in [-0.15, -0.1) is 0 Å². The van der Waals surface area contributed by atoms with Crippen molar-refractivity contribution >= 4 is 39.1 Å². The molecule has 0 aromatic heterocycles. The normalized spacial score (nSPS) is 12.1. The number of ether oxygens (including phenoxy) is 1. The van der Waals surface area contributed by atoms with Crippen molar-refractivity contribution in [3.05, 3.63) is 58.9 Å². The highest BCUT2D eigenvalue weighted by atomic mass is 35.5. The quantitative estimate of drug-likeness (QED) is 0.542. The van der Waals surface area contributed by atoms with Crippen LogP contribution in [0.25, 0.3) is 0 Å². The van der Waals surface area contributed by atoms with Crippen molar-refractivity contribution in [1.29, 1.82) is 0 Å².